The molecule has 1 aromatic rings. The smallest absolute Gasteiger partial charge is 0.329 e. The maximum Gasteiger partial charge on any atom is 0.329 e. The summed E-state index contributed by atoms with van der Waals surface area (Å²) in [7, 11) is 3.36. The van der Waals surface area contributed by atoms with E-state index in [0.717, 1.165) is 0 Å². The van der Waals surface area contributed by atoms with Gasteiger partial charge < -0.3 is 4.90 Å². The topological polar surface area (TPSA) is 20.3 Å². The van der Waals surface area contributed by atoms with Crippen LogP contribution in [-0.2, 0) is 17.1 Å². The van der Waals surface area contributed by atoms with Crippen molar-refractivity contribution in [3.63, 3.8) is 0 Å². The molecule has 0 atom stereocenters. The number of halogens is 2. The molecule has 0 amide bonds. The van der Waals surface area contributed by atoms with Crippen LogP contribution in [0, 0.1) is 0 Å². The molecular formula is C12H15F2NO. The van der Waals surface area contributed by atoms with Crippen LogP contribution in [0.15, 0.2) is 18.2 Å². The predicted octanol–water partition coefficient (Wildman–Crippen LogP) is 2.61. The molecule has 0 radical (unpaired) electrons. The summed E-state index contributed by atoms with van der Waals surface area (Å²) in [5, 5.41) is 0. The van der Waals surface area contributed by atoms with E-state index in [9.17, 15) is 13.6 Å². The first-order valence-corrected chi connectivity index (χ1v) is 5.08. The van der Waals surface area contributed by atoms with Crippen LogP contribution >= 0.6 is 0 Å². The standard InChI is InChI=1S/C12H15F2NO/c1-4-9-6-5-7-10(15(2)3)11(9)12(13,14)8-16/h5-8H,4H2,1-3H3. The lowest BCUT2D eigenvalue weighted by molar-refractivity contribution is -0.130. The lowest BCUT2D eigenvalue weighted by atomic mass is 9.97. The molecule has 0 aliphatic rings. The van der Waals surface area contributed by atoms with Crippen LogP contribution in [0.2, 0.25) is 0 Å². The zero-order chi connectivity index (χ0) is 12.3. The number of hydrogen-bond donors (Lipinski definition) is 0. The number of hydrogen-bond acceptors (Lipinski definition) is 2. The van der Waals surface area contributed by atoms with E-state index in [-0.39, 0.29) is 11.8 Å². The Labute approximate surface area is 93.9 Å². The minimum Gasteiger partial charge on any atom is -0.377 e. The van der Waals surface area contributed by atoms with Gasteiger partial charge in [-0.15, -0.1) is 0 Å². The average Bonchev–Trinajstić information content (AvgIpc) is 2.27. The molecule has 0 aliphatic carbocycles. The van der Waals surface area contributed by atoms with Gasteiger partial charge in [0, 0.05) is 19.8 Å². The van der Waals surface area contributed by atoms with Crippen LogP contribution in [0.3, 0.4) is 0 Å². The largest absolute Gasteiger partial charge is 0.377 e. The van der Waals surface area contributed by atoms with Gasteiger partial charge in [-0.25, -0.2) is 0 Å². The third kappa shape index (κ3) is 2.21. The van der Waals surface area contributed by atoms with Crippen molar-refractivity contribution in [1.29, 1.82) is 0 Å². The Morgan fingerprint density at radius 1 is 1.38 bits per heavy atom. The second-order valence-electron chi connectivity index (χ2n) is 3.80. The predicted molar refractivity (Wildman–Crippen MR) is 60.1 cm³/mol. The molecule has 0 saturated heterocycles. The van der Waals surface area contributed by atoms with Gasteiger partial charge in [0.25, 0.3) is 0 Å². The molecule has 0 unspecified atom stereocenters. The number of alkyl halides is 2. The van der Waals surface area contributed by atoms with E-state index in [1.54, 1.807) is 44.1 Å². The fourth-order valence-electron chi connectivity index (χ4n) is 1.70. The minimum absolute atomic E-state index is 0.183. The van der Waals surface area contributed by atoms with E-state index in [1.165, 1.54) is 0 Å². The maximum absolute atomic E-state index is 13.6. The fourth-order valence-corrected chi connectivity index (χ4v) is 1.70. The molecule has 2 nitrogen and oxygen atoms in total. The molecule has 0 bridgehead atoms. The fraction of sp³-hybridized carbons (Fsp3) is 0.417. The summed E-state index contributed by atoms with van der Waals surface area (Å²) >= 11 is 0. The van der Waals surface area contributed by atoms with Crippen molar-refractivity contribution in [3.05, 3.63) is 29.3 Å². The number of rotatable bonds is 4. The summed E-state index contributed by atoms with van der Waals surface area (Å²) in [5.74, 6) is -3.42. The molecule has 0 spiro atoms. The summed E-state index contributed by atoms with van der Waals surface area (Å²) in [5.41, 5.74) is 0.706. The van der Waals surface area contributed by atoms with Gasteiger partial charge in [-0.2, -0.15) is 8.78 Å². The van der Waals surface area contributed by atoms with E-state index in [4.69, 9.17) is 0 Å². The number of aldehydes is 1. The highest BCUT2D eigenvalue weighted by atomic mass is 19.3. The summed E-state index contributed by atoms with van der Waals surface area (Å²) < 4.78 is 27.1. The van der Waals surface area contributed by atoms with Crippen LogP contribution in [-0.4, -0.2) is 20.4 Å². The van der Waals surface area contributed by atoms with Crippen molar-refractivity contribution in [1.82, 2.24) is 0 Å². The molecule has 0 N–H and O–H groups in total. The van der Waals surface area contributed by atoms with Gasteiger partial charge in [-0.1, -0.05) is 19.1 Å². The van der Waals surface area contributed by atoms with E-state index in [0.29, 0.717) is 17.7 Å². The molecule has 0 heterocycles. The Kier molecular flexibility index (Phi) is 3.62. The molecular weight excluding hydrogens is 212 g/mol. The molecule has 0 saturated carbocycles. The summed E-state index contributed by atoms with van der Waals surface area (Å²) in [6, 6.07) is 4.93. The van der Waals surface area contributed by atoms with Gasteiger partial charge in [0.15, 0.2) is 6.29 Å². The molecule has 1 aromatic carbocycles. The van der Waals surface area contributed by atoms with Gasteiger partial charge in [0.1, 0.15) is 0 Å². The SMILES string of the molecule is CCc1cccc(N(C)C)c1C(F)(F)C=O. The zero-order valence-electron chi connectivity index (χ0n) is 9.63. The first-order chi connectivity index (χ1) is 7.44. The first kappa shape index (κ1) is 12.6. The van der Waals surface area contributed by atoms with E-state index in [1.807, 2.05) is 0 Å². The number of aryl methyl sites for hydroxylation is 1. The van der Waals surface area contributed by atoms with Gasteiger partial charge in [0.2, 0.25) is 0 Å². The van der Waals surface area contributed by atoms with E-state index >= 15 is 0 Å². The van der Waals surface area contributed by atoms with E-state index < -0.39 is 5.92 Å². The molecule has 0 aromatic heterocycles. The number of benzene rings is 1. The average molecular weight is 227 g/mol. The van der Waals surface area contributed by atoms with Crippen molar-refractivity contribution < 1.29 is 13.6 Å². The van der Waals surface area contributed by atoms with Crippen LogP contribution in [0.4, 0.5) is 14.5 Å². The molecule has 1 rings (SSSR count). The van der Waals surface area contributed by atoms with Gasteiger partial charge in [0.05, 0.1) is 5.56 Å². The zero-order valence-corrected chi connectivity index (χ0v) is 9.63. The monoisotopic (exact) mass is 227 g/mol. The van der Waals surface area contributed by atoms with Gasteiger partial charge in [-0.05, 0) is 18.1 Å². The Bertz CT molecular complexity index is 389. The highest BCUT2D eigenvalue weighted by Gasteiger charge is 2.36. The number of nitrogens with zero attached hydrogens (tertiary/aromatic N) is 1. The number of anilines is 1. The van der Waals surface area contributed by atoms with Gasteiger partial charge >= 0.3 is 5.92 Å². The summed E-state index contributed by atoms with van der Waals surface area (Å²) in [4.78, 5) is 12.1. The lowest BCUT2D eigenvalue weighted by Crippen LogP contribution is -2.23. The summed E-state index contributed by atoms with van der Waals surface area (Å²) in [6.07, 6.45) is 0.176. The van der Waals surface area contributed by atoms with Crippen molar-refractivity contribution in [2.24, 2.45) is 0 Å². The van der Waals surface area contributed by atoms with Crippen LogP contribution in [0.25, 0.3) is 0 Å². The van der Waals surface area contributed by atoms with Crippen molar-refractivity contribution in [2.45, 2.75) is 19.3 Å². The van der Waals surface area contributed by atoms with Crippen LogP contribution in [0.1, 0.15) is 18.1 Å². The normalized spacial score (nSPS) is 11.3. The highest BCUT2D eigenvalue weighted by molar-refractivity contribution is 5.71. The lowest BCUT2D eigenvalue weighted by Gasteiger charge is -2.23. The Balaban J connectivity index is 3.48. The minimum atomic E-state index is -3.42. The quantitative estimate of drug-likeness (QED) is 0.737. The Morgan fingerprint density at radius 3 is 2.44 bits per heavy atom. The van der Waals surface area contributed by atoms with Crippen molar-refractivity contribution in [2.75, 3.05) is 19.0 Å². The molecule has 0 aliphatic heterocycles. The van der Waals surface area contributed by atoms with Crippen LogP contribution < -0.4 is 4.90 Å². The molecule has 88 valence electrons. The number of carbonyl (C=O) groups is 1. The first-order valence-electron chi connectivity index (χ1n) is 5.08. The third-order valence-corrected chi connectivity index (χ3v) is 2.47. The van der Waals surface area contributed by atoms with Gasteiger partial charge in [-0.3, -0.25) is 4.79 Å². The van der Waals surface area contributed by atoms with E-state index in [2.05, 4.69) is 0 Å². The summed E-state index contributed by atoms with van der Waals surface area (Å²) in [6.45, 7) is 1.79. The Morgan fingerprint density at radius 2 is 2.00 bits per heavy atom. The highest BCUT2D eigenvalue weighted by Crippen LogP contribution is 2.36. The van der Waals surface area contributed by atoms with Crippen molar-refractivity contribution in [3.8, 4) is 0 Å². The second-order valence-corrected chi connectivity index (χ2v) is 3.80. The second kappa shape index (κ2) is 4.60. The maximum atomic E-state index is 13.6. The molecule has 0 fully saturated rings. The number of carbonyl (C=O) groups excluding carboxylic acids is 1. The van der Waals surface area contributed by atoms with Crippen LogP contribution in [0.5, 0.6) is 0 Å². The molecule has 16 heavy (non-hydrogen) atoms. The van der Waals surface area contributed by atoms with Crippen molar-refractivity contribution >= 4 is 12.0 Å². The molecule has 4 heteroatoms. The Hall–Kier alpha value is -1.45. The third-order valence-electron chi connectivity index (χ3n) is 2.47.